The molecule has 0 bridgehead atoms. The van der Waals surface area contributed by atoms with Crippen LogP contribution in [-0.4, -0.2) is 59.4 Å². The number of nitrogens with zero attached hydrogens (tertiary/aromatic N) is 4. The molecule has 1 saturated carbocycles. The minimum atomic E-state index is -0.116. The molecular weight excluding hydrogens is 294 g/mol. The van der Waals surface area contributed by atoms with Gasteiger partial charge in [-0.15, -0.1) is 0 Å². The van der Waals surface area contributed by atoms with Crippen molar-refractivity contribution >= 4 is 18.3 Å². The normalized spacial score (nSPS) is 19.0. The third kappa shape index (κ3) is 3.78. The maximum atomic E-state index is 12.4. The Labute approximate surface area is 136 Å². The molecule has 1 saturated heterocycles. The summed E-state index contributed by atoms with van der Waals surface area (Å²) in [6, 6.07) is 2.01. The highest BCUT2D eigenvalue weighted by atomic mass is 16.2. The van der Waals surface area contributed by atoms with Crippen molar-refractivity contribution in [1.82, 2.24) is 20.2 Å². The molecule has 1 aliphatic heterocycles. The van der Waals surface area contributed by atoms with Crippen molar-refractivity contribution in [2.75, 3.05) is 31.1 Å². The maximum absolute atomic E-state index is 12.4. The molecule has 23 heavy (non-hydrogen) atoms. The second-order valence-electron chi connectivity index (χ2n) is 6.28. The maximum Gasteiger partial charge on any atom is 0.270 e. The first-order valence-corrected chi connectivity index (χ1v) is 8.26. The summed E-state index contributed by atoms with van der Waals surface area (Å²) in [5, 5.41) is 3.07. The molecule has 2 amide bonds. The van der Waals surface area contributed by atoms with Crippen LogP contribution in [0.25, 0.3) is 0 Å². The van der Waals surface area contributed by atoms with Crippen LogP contribution in [0, 0.1) is 6.92 Å². The Hall–Kier alpha value is -2.18. The number of rotatable bonds is 4. The summed E-state index contributed by atoms with van der Waals surface area (Å²) in [5.74, 6) is 0.460. The molecule has 7 nitrogen and oxygen atoms in total. The molecule has 3 rings (SSSR count). The van der Waals surface area contributed by atoms with Crippen LogP contribution < -0.4 is 10.2 Å². The predicted molar refractivity (Wildman–Crippen MR) is 86.3 cm³/mol. The van der Waals surface area contributed by atoms with E-state index in [1.165, 1.54) is 12.8 Å². The molecule has 0 atom stereocenters. The van der Waals surface area contributed by atoms with Crippen molar-refractivity contribution < 1.29 is 9.59 Å². The van der Waals surface area contributed by atoms with Crippen LogP contribution in [-0.2, 0) is 4.79 Å². The third-order valence-corrected chi connectivity index (χ3v) is 4.51. The molecule has 2 aliphatic rings. The van der Waals surface area contributed by atoms with Crippen molar-refractivity contribution in [2.45, 2.75) is 38.6 Å². The summed E-state index contributed by atoms with van der Waals surface area (Å²) >= 11 is 0. The molecule has 0 aromatic carbocycles. The first kappa shape index (κ1) is 15.7. The van der Waals surface area contributed by atoms with E-state index in [1.807, 2.05) is 11.8 Å². The molecule has 0 unspecified atom stereocenters. The molecule has 2 heterocycles. The lowest BCUT2D eigenvalue weighted by molar-refractivity contribution is -0.118. The molecule has 0 spiro atoms. The van der Waals surface area contributed by atoms with E-state index < -0.39 is 0 Å². The zero-order chi connectivity index (χ0) is 16.2. The van der Waals surface area contributed by atoms with Gasteiger partial charge in [0.1, 0.15) is 5.69 Å². The average Bonchev–Trinajstić information content (AvgIpc) is 3.07. The van der Waals surface area contributed by atoms with E-state index in [-0.39, 0.29) is 11.9 Å². The van der Waals surface area contributed by atoms with Gasteiger partial charge in [-0.25, -0.2) is 9.97 Å². The highest BCUT2D eigenvalue weighted by Crippen LogP contribution is 2.18. The molecule has 1 aromatic heterocycles. The van der Waals surface area contributed by atoms with Crippen molar-refractivity contribution in [2.24, 2.45) is 0 Å². The molecule has 2 fully saturated rings. The minimum Gasteiger partial charge on any atom is -0.348 e. The second kappa shape index (κ2) is 6.93. The van der Waals surface area contributed by atoms with Gasteiger partial charge in [-0.2, -0.15) is 0 Å². The van der Waals surface area contributed by atoms with Crippen molar-refractivity contribution in [3.63, 3.8) is 0 Å². The van der Waals surface area contributed by atoms with Crippen LogP contribution in [0.1, 0.15) is 41.9 Å². The zero-order valence-corrected chi connectivity index (χ0v) is 13.5. The first-order valence-electron chi connectivity index (χ1n) is 8.26. The number of aromatic nitrogens is 2. The van der Waals surface area contributed by atoms with Crippen molar-refractivity contribution in [3.8, 4) is 0 Å². The van der Waals surface area contributed by atoms with E-state index in [0.717, 1.165) is 24.9 Å². The van der Waals surface area contributed by atoms with Crippen LogP contribution in [0.15, 0.2) is 6.07 Å². The number of hydrogen-bond donors (Lipinski definition) is 1. The van der Waals surface area contributed by atoms with E-state index in [0.29, 0.717) is 37.8 Å². The average molecular weight is 317 g/mol. The number of carbonyl (C=O) groups is 2. The van der Waals surface area contributed by atoms with E-state index in [9.17, 15) is 9.59 Å². The van der Waals surface area contributed by atoms with E-state index in [1.54, 1.807) is 11.0 Å². The molecule has 124 valence electrons. The highest BCUT2D eigenvalue weighted by molar-refractivity contribution is 5.92. The molecule has 1 aromatic rings. The number of amides is 2. The van der Waals surface area contributed by atoms with Crippen LogP contribution in [0.3, 0.4) is 0 Å². The van der Waals surface area contributed by atoms with E-state index in [2.05, 4.69) is 15.3 Å². The van der Waals surface area contributed by atoms with Gasteiger partial charge in [0.15, 0.2) is 0 Å². The summed E-state index contributed by atoms with van der Waals surface area (Å²) in [4.78, 5) is 35.9. The number of anilines is 1. The lowest BCUT2D eigenvalue weighted by Gasteiger charge is -2.32. The van der Waals surface area contributed by atoms with Gasteiger partial charge in [0.25, 0.3) is 5.91 Å². The van der Waals surface area contributed by atoms with Crippen LogP contribution in [0.2, 0.25) is 0 Å². The fourth-order valence-corrected chi connectivity index (χ4v) is 3.17. The summed E-state index contributed by atoms with van der Waals surface area (Å²) in [6.45, 7) is 4.56. The molecular formula is C16H23N5O2. The number of piperazine rings is 1. The van der Waals surface area contributed by atoms with Crippen LogP contribution in [0.4, 0.5) is 5.95 Å². The van der Waals surface area contributed by atoms with Crippen LogP contribution >= 0.6 is 0 Å². The quantitative estimate of drug-likeness (QED) is 0.829. The van der Waals surface area contributed by atoms with Gasteiger partial charge in [0, 0.05) is 37.9 Å². The van der Waals surface area contributed by atoms with E-state index >= 15 is 0 Å². The van der Waals surface area contributed by atoms with Crippen molar-refractivity contribution in [1.29, 1.82) is 0 Å². The lowest BCUT2D eigenvalue weighted by atomic mass is 10.2. The lowest BCUT2D eigenvalue weighted by Crippen LogP contribution is -2.46. The van der Waals surface area contributed by atoms with E-state index in [4.69, 9.17) is 0 Å². The van der Waals surface area contributed by atoms with Gasteiger partial charge in [-0.05, 0) is 25.8 Å². The summed E-state index contributed by atoms with van der Waals surface area (Å²) in [6.07, 6.45) is 5.33. The van der Waals surface area contributed by atoms with Gasteiger partial charge in [0.2, 0.25) is 12.4 Å². The molecule has 7 heteroatoms. The Morgan fingerprint density at radius 2 is 1.91 bits per heavy atom. The number of carbonyl (C=O) groups excluding carboxylic acids is 2. The smallest absolute Gasteiger partial charge is 0.270 e. The highest BCUT2D eigenvalue weighted by Gasteiger charge is 2.22. The van der Waals surface area contributed by atoms with Crippen molar-refractivity contribution in [3.05, 3.63) is 17.5 Å². The van der Waals surface area contributed by atoms with Gasteiger partial charge < -0.3 is 15.1 Å². The Bertz CT molecular complexity index is 578. The monoisotopic (exact) mass is 317 g/mol. The predicted octanol–water partition coefficient (Wildman–Crippen LogP) is 0.736. The third-order valence-electron chi connectivity index (χ3n) is 4.51. The Morgan fingerprint density at radius 1 is 1.22 bits per heavy atom. The molecule has 1 aliphatic carbocycles. The largest absolute Gasteiger partial charge is 0.348 e. The van der Waals surface area contributed by atoms with Gasteiger partial charge in [-0.3, -0.25) is 9.59 Å². The number of hydrogen-bond acceptors (Lipinski definition) is 5. The summed E-state index contributed by atoms with van der Waals surface area (Å²) in [7, 11) is 0. The molecule has 0 radical (unpaired) electrons. The Balaban J connectivity index is 1.71. The SMILES string of the molecule is Cc1cc(C(=O)NC2CCCC2)nc(N2CCN(C=O)CC2)n1. The fraction of sp³-hybridized carbons (Fsp3) is 0.625. The zero-order valence-electron chi connectivity index (χ0n) is 13.5. The second-order valence-corrected chi connectivity index (χ2v) is 6.28. The summed E-state index contributed by atoms with van der Waals surface area (Å²) < 4.78 is 0. The minimum absolute atomic E-state index is 0.116. The topological polar surface area (TPSA) is 78.4 Å². The van der Waals surface area contributed by atoms with Gasteiger partial charge >= 0.3 is 0 Å². The Morgan fingerprint density at radius 3 is 2.57 bits per heavy atom. The molecule has 1 N–H and O–H groups in total. The van der Waals surface area contributed by atoms with Gasteiger partial charge in [-0.1, -0.05) is 12.8 Å². The first-order chi connectivity index (χ1) is 11.2. The fourth-order valence-electron chi connectivity index (χ4n) is 3.17. The standard InChI is InChI=1S/C16H23N5O2/c1-12-10-14(15(23)18-13-4-2-3-5-13)19-16(17-12)21-8-6-20(11-22)7-9-21/h10-11,13H,2-9H2,1H3,(H,18,23). The number of aryl methyl sites for hydroxylation is 1. The van der Waals surface area contributed by atoms with Crippen LogP contribution in [0.5, 0.6) is 0 Å². The summed E-state index contributed by atoms with van der Waals surface area (Å²) in [5.41, 5.74) is 1.21. The Kier molecular flexibility index (Phi) is 4.73. The number of nitrogens with one attached hydrogen (secondary N) is 1. The van der Waals surface area contributed by atoms with Gasteiger partial charge in [0.05, 0.1) is 0 Å².